The van der Waals surface area contributed by atoms with Crippen LogP contribution in [0.2, 0.25) is 0 Å². The molecule has 1 aromatic heterocycles. The number of anilines is 1. The van der Waals surface area contributed by atoms with Gasteiger partial charge in [0.05, 0.1) is 10.5 Å². The molecule has 10 heteroatoms. The lowest BCUT2D eigenvalue weighted by atomic mass is 10.2. The highest BCUT2D eigenvalue weighted by molar-refractivity contribution is 7.93. The molecule has 5 nitrogen and oxygen atoms in total. The molecule has 1 aromatic carbocycles. The van der Waals surface area contributed by atoms with Gasteiger partial charge in [0.1, 0.15) is 5.01 Å². The molecule has 1 heterocycles. The second kappa shape index (κ2) is 5.02. The molecule has 0 unspecified atom stereocenters. The van der Waals surface area contributed by atoms with Crippen LogP contribution in [-0.2, 0) is 16.2 Å². The minimum absolute atomic E-state index is 0.0000817. The molecule has 20 heavy (non-hydrogen) atoms. The highest BCUT2D eigenvalue weighted by Gasteiger charge is 2.31. The maximum atomic E-state index is 12.6. The summed E-state index contributed by atoms with van der Waals surface area (Å²) in [6.45, 7) is 1.62. The molecular weight excluding hydrogens is 315 g/mol. The van der Waals surface area contributed by atoms with Crippen molar-refractivity contribution < 1.29 is 21.6 Å². The third kappa shape index (κ3) is 3.25. The summed E-state index contributed by atoms with van der Waals surface area (Å²) < 4.78 is 63.6. The van der Waals surface area contributed by atoms with E-state index >= 15 is 0 Å². The zero-order valence-electron chi connectivity index (χ0n) is 9.97. The Morgan fingerprint density at radius 3 is 2.50 bits per heavy atom. The molecule has 0 aliphatic heterocycles. The van der Waals surface area contributed by atoms with Gasteiger partial charge < -0.3 is 0 Å². The number of benzene rings is 1. The maximum Gasteiger partial charge on any atom is 0.416 e. The van der Waals surface area contributed by atoms with Gasteiger partial charge in [0.2, 0.25) is 5.13 Å². The zero-order valence-corrected chi connectivity index (χ0v) is 11.6. The molecule has 0 saturated heterocycles. The van der Waals surface area contributed by atoms with Gasteiger partial charge in [-0.15, -0.1) is 10.2 Å². The smallest absolute Gasteiger partial charge is 0.253 e. The summed E-state index contributed by atoms with van der Waals surface area (Å²) in [5.74, 6) is 0. The van der Waals surface area contributed by atoms with Crippen molar-refractivity contribution >= 4 is 26.5 Å². The SMILES string of the molecule is Cc1nnc(NS(=O)(=O)c2cccc(C(F)(F)F)c2)s1. The van der Waals surface area contributed by atoms with Crippen LogP contribution >= 0.6 is 11.3 Å². The number of hydrogen-bond donors (Lipinski definition) is 1. The highest BCUT2D eigenvalue weighted by atomic mass is 32.2. The van der Waals surface area contributed by atoms with Crippen molar-refractivity contribution in [1.82, 2.24) is 10.2 Å². The second-order valence-corrected chi connectivity index (χ2v) is 6.62. The van der Waals surface area contributed by atoms with Gasteiger partial charge in [-0.2, -0.15) is 13.2 Å². The first-order chi connectivity index (χ1) is 9.18. The van der Waals surface area contributed by atoms with Gasteiger partial charge in [-0.05, 0) is 25.1 Å². The van der Waals surface area contributed by atoms with E-state index in [0.29, 0.717) is 11.1 Å². The van der Waals surface area contributed by atoms with E-state index in [1.807, 2.05) is 0 Å². The van der Waals surface area contributed by atoms with Gasteiger partial charge >= 0.3 is 6.18 Å². The van der Waals surface area contributed by atoms with Crippen LogP contribution in [0.15, 0.2) is 29.2 Å². The van der Waals surface area contributed by atoms with Crippen molar-refractivity contribution in [3.8, 4) is 0 Å². The summed E-state index contributed by atoms with van der Waals surface area (Å²) >= 11 is 0.984. The van der Waals surface area contributed by atoms with Gasteiger partial charge in [-0.1, -0.05) is 17.4 Å². The summed E-state index contributed by atoms with van der Waals surface area (Å²) in [5.41, 5.74) is -1.03. The van der Waals surface area contributed by atoms with Gasteiger partial charge in [-0.3, -0.25) is 4.72 Å². The first-order valence-electron chi connectivity index (χ1n) is 5.19. The van der Waals surface area contributed by atoms with Crippen molar-refractivity contribution in [3.05, 3.63) is 34.8 Å². The van der Waals surface area contributed by atoms with E-state index < -0.39 is 26.7 Å². The number of aromatic nitrogens is 2. The number of hydrogen-bond acceptors (Lipinski definition) is 5. The van der Waals surface area contributed by atoms with Gasteiger partial charge in [0, 0.05) is 0 Å². The summed E-state index contributed by atoms with van der Waals surface area (Å²) in [7, 11) is -4.12. The van der Waals surface area contributed by atoms with E-state index in [-0.39, 0.29) is 5.13 Å². The van der Waals surface area contributed by atoms with Crippen LogP contribution < -0.4 is 4.72 Å². The van der Waals surface area contributed by atoms with Crippen molar-refractivity contribution in [2.45, 2.75) is 18.0 Å². The quantitative estimate of drug-likeness (QED) is 0.942. The van der Waals surface area contributed by atoms with E-state index in [2.05, 4.69) is 14.9 Å². The molecule has 0 bridgehead atoms. The molecule has 2 aromatic rings. The number of sulfonamides is 1. The van der Waals surface area contributed by atoms with Crippen molar-refractivity contribution in [2.75, 3.05) is 4.72 Å². The van der Waals surface area contributed by atoms with E-state index in [4.69, 9.17) is 0 Å². The Labute approximate surface area is 116 Å². The van der Waals surface area contributed by atoms with Crippen LogP contribution in [0.4, 0.5) is 18.3 Å². The number of halogens is 3. The van der Waals surface area contributed by atoms with Crippen LogP contribution in [0.5, 0.6) is 0 Å². The largest absolute Gasteiger partial charge is 0.416 e. The third-order valence-electron chi connectivity index (χ3n) is 2.22. The molecular formula is C10H8F3N3O2S2. The van der Waals surface area contributed by atoms with Crippen LogP contribution in [0.3, 0.4) is 0 Å². The summed E-state index contributed by atoms with van der Waals surface area (Å²) in [6, 6.07) is 3.47. The Kier molecular flexibility index (Phi) is 3.69. The Morgan fingerprint density at radius 2 is 1.95 bits per heavy atom. The number of rotatable bonds is 3. The molecule has 0 spiro atoms. The number of alkyl halides is 3. The Hall–Kier alpha value is -1.68. The second-order valence-electron chi connectivity index (χ2n) is 3.76. The van der Waals surface area contributed by atoms with Gasteiger partial charge in [-0.25, -0.2) is 8.42 Å². The lowest BCUT2D eigenvalue weighted by Crippen LogP contribution is -2.14. The van der Waals surface area contributed by atoms with Crippen molar-refractivity contribution in [2.24, 2.45) is 0 Å². The molecule has 108 valence electrons. The van der Waals surface area contributed by atoms with Crippen molar-refractivity contribution in [3.63, 3.8) is 0 Å². The standard InChI is InChI=1S/C10H8F3N3O2S2/c1-6-14-15-9(19-6)16-20(17,18)8-4-2-3-7(5-8)10(11,12)13/h2-5H,1H3,(H,15,16). The maximum absolute atomic E-state index is 12.6. The van der Waals surface area contributed by atoms with Gasteiger partial charge in [0.15, 0.2) is 0 Å². The Balaban J connectivity index is 2.35. The topological polar surface area (TPSA) is 72.0 Å². The van der Waals surface area contributed by atoms with E-state index in [9.17, 15) is 21.6 Å². The van der Waals surface area contributed by atoms with Crippen LogP contribution in [-0.4, -0.2) is 18.6 Å². The molecule has 0 aliphatic carbocycles. The van der Waals surface area contributed by atoms with Gasteiger partial charge in [0.25, 0.3) is 10.0 Å². The predicted octanol–water partition coefficient (Wildman–Crippen LogP) is 2.67. The minimum atomic E-state index is -4.61. The predicted molar refractivity (Wildman–Crippen MR) is 66.9 cm³/mol. The van der Waals surface area contributed by atoms with E-state index in [1.54, 1.807) is 6.92 Å². The van der Waals surface area contributed by atoms with E-state index in [1.165, 1.54) is 0 Å². The lowest BCUT2D eigenvalue weighted by Gasteiger charge is -2.09. The molecule has 0 fully saturated rings. The van der Waals surface area contributed by atoms with Crippen LogP contribution in [0, 0.1) is 6.92 Å². The van der Waals surface area contributed by atoms with Crippen LogP contribution in [0.1, 0.15) is 10.6 Å². The Morgan fingerprint density at radius 1 is 1.25 bits per heavy atom. The normalized spacial score (nSPS) is 12.4. The summed E-state index contributed by atoms with van der Waals surface area (Å²) in [4.78, 5) is -0.486. The fourth-order valence-corrected chi connectivity index (χ4v) is 3.22. The number of aryl methyl sites for hydroxylation is 1. The summed E-state index contributed by atoms with van der Waals surface area (Å²) in [5, 5.41) is 7.70. The monoisotopic (exact) mass is 323 g/mol. The highest BCUT2D eigenvalue weighted by Crippen LogP contribution is 2.31. The first-order valence-corrected chi connectivity index (χ1v) is 7.49. The summed E-state index contributed by atoms with van der Waals surface area (Å²) in [6.07, 6.45) is -4.61. The molecule has 0 aliphatic rings. The molecule has 0 atom stereocenters. The number of nitrogens with one attached hydrogen (secondary N) is 1. The number of nitrogens with zero attached hydrogens (tertiary/aromatic N) is 2. The minimum Gasteiger partial charge on any atom is -0.253 e. The average molecular weight is 323 g/mol. The fraction of sp³-hybridized carbons (Fsp3) is 0.200. The van der Waals surface area contributed by atoms with Crippen molar-refractivity contribution in [1.29, 1.82) is 0 Å². The third-order valence-corrected chi connectivity index (χ3v) is 4.44. The molecule has 0 saturated carbocycles. The van der Waals surface area contributed by atoms with E-state index in [0.717, 1.165) is 29.5 Å². The lowest BCUT2D eigenvalue weighted by molar-refractivity contribution is -0.137. The molecule has 2 rings (SSSR count). The average Bonchev–Trinajstić information content (AvgIpc) is 2.73. The van der Waals surface area contributed by atoms with Crippen LogP contribution in [0.25, 0.3) is 0 Å². The Bertz CT molecular complexity index is 725. The molecule has 0 amide bonds. The molecule has 1 N–H and O–H groups in total. The zero-order chi connectivity index (χ0) is 15.0. The fourth-order valence-electron chi connectivity index (χ4n) is 1.35. The first kappa shape index (κ1) is 14.7. The molecule has 0 radical (unpaired) electrons.